The number of anilines is 1. The van der Waals surface area contributed by atoms with Gasteiger partial charge in [0, 0.05) is 22.9 Å². The van der Waals surface area contributed by atoms with Crippen molar-refractivity contribution in [2.75, 3.05) is 5.32 Å². The van der Waals surface area contributed by atoms with Crippen molar-refractivity contribution in [3.8, 4) is 5.75 Å². The second-order valence-electron chi connectivity index (χ2n) is 8.13. The van der Waals surface area contributed by atoms with Gasteiger partial charge in [-0.15, -0.1) is 0 Å². The zero-order valence-electron chi connectivity index (χ0n) is 20.5. The summed E-state index contributed by atoms with van der Waals surface area (Å²) in [5.41, 5.74) is 0.372. The molecule has 0 saturated heterocycles. The number of para-hydroxylation sites is 1. The van der Waals surface area contributed by atoms with Crippen molar-refractivity contribution < 1.29 is 41.6 Å². The number of nitro benzene ring substituents is 1. The summed E-state index contributed by atoms with van der Waals surface area (Å²) in [5, 5.41) is 17.9. The smallest absolute Gasteiger partial charge is 0.416 e. The third kappa shape index (κ3) is 7.00. The molecule has 0 aliphatic rings. The van der Waals surface area contributed by atoms with Crippen molar-refractivity contribution in [1.29, 1.82) is 0 Å². The molecule has 0 atom stereocenters. The van der Waals surface area contributed by atoms with Crippen LogP contribution < -0.4 is 15.5 Å². The maximum absolute atomic E-state index is 13.0. The number of furan rings is 1. The molecule has 1 heterocycles. The monoisotopic (exact) mass is 566 g/mol. The molecule has 0 spiro atoms. The van der Waals surface area contributed by atoms with Gasteiger partial charge < -0.3 is 14.5 Å². The molecule has 1 aromatic heterocycles. The molecule has 11 nitrogen and oxygen atoms in total. The summed E-state index contributed by atoms with van der Waals surface area (Å²) in [6.07, 6.45) is -2.41. The van der Waals surface area contributed by atoms with Gasteiger partial charge in [-0.05, 0) is 60.7 Å². The van der Waals surface area contributed by atoms with Crippen LogP contribution in [0.3, 0.4) is 0 Å². The lowest BCUT2D eigenvalue weighted by atomic mass is 10.1. The molecule has 0 unspecified atom stereocenters. The Kier molecular flexibility index (Phi) is 8.22. The van der Waals surface area contributed by atoms with Crippen molar-refractivity contribution >= 4 is 35.4 Å². The van der Waals surface area contributed by atoms with Gasteiger partial charge in [0.15, 0.2) is 5.76 Å². The number of alkyl halides is 3. The first-order valence-corrected chi connectivity index (χ1v) is 11.5. The summed E-state index contributed by atoms with van der Waals surface area (Å²) in [5.74, 6) is -2.93. The summed E-state index contributed by atoms with van der Waals surface area (Å²) in [6, 6.07) is 15.7. The van der Waals surface area contributed by atoms with Crippen LogP contribution in [0.15, 0.2) is 94.6 Å². The first-order valence-electron chi connectivity index (χ1n) is 11.5. The maximum atomic E-state index is 13.0. The van der Waals surface area contributed by atoms with E-state index in [1.807, 2.05) is 0 Å². The number of amides is 2. The van der Waals surface area contributed by atoms with Crippen LogP contribution in [0.1, 0.15) is 42.4 Å². The SMILES string of the molecule is O=C(N/N=C/c1cccc([N+](=O)[O-])c1OC(=O)c1cccc(C(F)(F)F)c1)c1ccc(NC(=O)c2ccco2)cc1. The number of esters is 1. The highest BCUT2D eigenvalue weighted by Gasteiger charge is 2.31. The molecule has 14 heteroatoms. The third-order valence-electron chi connectivity index (χ3n) is 5.36. The van der Waals surface area contributed by atoms with Gasteiger partial charge in [0.1, 0.15) is 0 Å². The summed E-state index contributed by atoms with van der Waals surface area (Å²) in [4.78, 5) is 47.8. The summed E-state index contributed by atoms with van der Waals surface area (Å²) in [6.45, 7) is 0. The van der Waals surface area contributed by atoms with E-state index in [-0.39, 0.29) is 16.9 Å². The molecule has 4 aromatic rings. The van der Waals surface area contributed by atoms with Crippen molar-refractivity contribution in [3.63, 3.8) is 0 Å². The first kappa shape index (κ1) is 28.2. The van der Waals surface area contributed by atoms with Gasteiger partial charge in [-0.25, -0.2) is 10.2 Å². The minimum Gasteiger partial charge on any atom is -0.459 e. The number of halogens is 3. The highest BCUT2D eigenvalue weighted by Crippen LogP contribution is 2.32. The van der Waals surface area contributed by atoms with Gasteiger partial charge >= 0.3 is 17.8 Å². The fourth-order valence-corrected chi connectivity index (χ4v) is 3.40. The Morgan fingerprint density at radius 3 is 2.32 bits per heavy atom. The van der Waals surface area contributed by atoms with Crippen molar-refractivity contribution in [2.45, 2.75) is 6.18 Å². The van der Waals surface area contributed by atoms with Crippen LogP contribution in [0, 0.1) is 10.1 Å². The summed E-state index contributed by atoms with van der Waals surface area (Å²) < 4.78 is 49.2. The molecule has 41 heavy (non-hydrogen) atoms. The average molecular weight is 566 g/mol. The Bertz CT molecular complexity index is 1630. The van der Waals surface area contributed by atoms with E-state index in [1.165, 1.54) is 48.7 Å². The molecule has 4 rings (SSSR count). The van der Waals surface area contributed by atoms with E-state index in [0.717, 1.165) is 30.5 Å². The predicted molar refractivity (Wildman–Crippen MR) is 138 cm³/mol. The zero-order chi connectivity index (χ0) is 29.6. The molecule has 0 aliphatic heterocycles. The van der Waals surface area contributed by atoms with Gasteiger partial charge in [0.05, 0.1) is 28.5 Å². The lowest BCUT2D eigenvalue weighted by molar-refractivity contribution is -0.385. The molecular formula is C27H17F3N4O7. The largest absolute Gasteiger partial charge is 0.459 e. The number of nitro groups is 1. The van der Waals surface area contributed by atoms with Crippen LogP contribution in [-0.2, 0) is 6.18 Å². The molecule has 3 aromatic carbocycles. The Morgan fingerprint density at radius 2 is 1.66 bits per heavy atom. The van der Waals surface area contributed by atoms with E-state index in [1.54, 1.807) is 6.07 Å². The van der Waals surface area contributed by atoms with Gasteiger partial charge in [0.25, 0.3) is 11.8 Å². The zero-order valence-corrected chi connectivity index (χ0v) is 20.5. The topological polar surface area (TPSA) is 153 Å². The fraction of sp³-hybridized carbons (Fsp3) is 0.0370. The van der Waals surface area contributed by atoms with E-state index in [0.29, 0.717) is 11.8 Å². The standard InChI is InChI=1S/C27H17F3N4O7/c28-27(29,30)19-6-1-4-17(14-19)26(37)41-23-18(5-2-7-21(23)34(38)39)15-31-33-24(35)16-9-11-20(12-10-16)32-25(36)22-8-3-13-40-22/h1-15H,(H,32,36)(H,33,35)/b31-15+. The highest BCUT2D eigenvalue weighted by molar-refractivity contribution is 6.02. The Balaban J connectivity index is 1.47. The number of hydrogen-bond acceptors (Lipinski definition) is 8. The molecule has 0 aliphatic carbocycles. The number of benzene rings is 3. The van der Waals surface area contributed by atoms with Crippen molar-refractivity contribution in [2.24, 2.45) is 5.10 Å². The van der Waals surface area contributed by atoms with E-state index < -0.39 is 51.4 Å². The van der Waals surface area contributed by atoms with Crippen molar-refractivity contribution in [1.82, 2.24) is 5.43 Å². The van der Waals surface area contributed by atoms with Gasteiger partial charge in [-0.2, -0.15) is 18.3 Å². The Hall–Kier alpha value is -5.79. The molecule has 2 amide bonds. The number of carbonyl (C=O) groups excluding carboxylic acids is 3. The molecular weight excluding hydrogens is 549 g/mol. The average Bonchev–Trinajstić information content (AvgIpc) is 3.49. The van der Waals surface area contributed by atoms with E-state index in [2.05, 4.69) is 15.8 Å². The molecule has 0 fully saturated rings. The number of nitrogens with one attached hydrogen (secondary N) is 2. The van der Waals surface area contributed by atoms with Crippen LogP contribution >= 0.6 is 0 Å². The van der Waals surface area contributed by atoms with E-state index in [9.17, 15) is 37.7 Å². The Morgan fingerprint density at radius 1 is 0.927 bits per heavy atom. The minimum atomic E-state index is -4.72. The highest BCUT2D eigenvalue weighted by atomic mass is 19.4. The lowest BCUT2D eigenvalue weighted by Crippen LogP contribution is -2.18. The number of hydrogen-bond donors (Lipinski definition) is 2. The van der Waals surface area contributed by atoms with E-state index in [4.69, 9.17) is 9.15 Å². The number of carbonyl (C=O) groups is 3. The Labute approximate surface area is 228 Å². The normalized spacial score (nSPS) is 11.2. The number of hydrazone groups is 1. The second-order valence-corrected chi connectivity index (χ2v) is 8.13. The molecule has 0 saturated carbocycles. The molecule has 208 valence electrons. The molecule has 0 bridgehead atoms. The lowest BCUT2D eigenvalue weighted by Gasteiger charge is -2.10. The predicted octanol–water partition coefficient (Wildman–Crippen LogP) is 5.44. The van der Waals surface area contributed by atoms with Crippen molar-refractivity contribution in [3.05, 3.63) is 123 Å². The van der Waals surface area contributed by atoms with Crippen LogP contribution in [0.4, 0.5) is 24.5 Å². The minimum absolute atomic E-state index is 0.0992. The van der Waals surface area contributed by atoms with Gasteiger partial charge in [-0.3, -0.25) is 19.7 Å². The van der Waals surface area contributed by atoms with Gasteiger partial charge in [0.2, 0.25) is 5.75 Å². The first-order chi connectivity index (χ1) is 19.5. The van der Waals surface area contributed by atoms with Crippen LogP contribution in [0.2, 0.25) is 0 Å². The van der Waals surface area contributed by atoms with Crippen LogP contribution in [-0.4, -0.2) is 28.9 Å². The van der Waals surface area contributed by atoms with E-state index >= 15 is 0 Å². The fourth-order valence-electron chi connectivity index (χ4n) is 3.40. The molecule has 0 radical (unpaired) electrons. The van der Waals surface area contributed by atoms with Crippen LogP contribution in [0.5, 0.6) is 5.75 Å². The summed E-state index contributed by atoms with van der Waals surface area (Å²) in [7, 11) is 0. The molecule has 2 N–H and O–H groups in total. The third-order valence-corrected chi connectivity index (χ3v) is 5.36. The van der Waals surface area contributed by atoms with Crippen LogP contribution in [0.25, 0.3) is 0 Å². The summed E-state index contributed by atoms with van der Waals surface area (Å²) >= 11 is 0. The number of nitrogens with zero attached hydrogens (tertiary/aromatic N) is 2. The quantitative estimate of drug-likeness (QED) is 0.0946. The van der Waals surface area contributed by atoms with Gasteiger partial charge in [-0.1, -0.05) is 12.1 Å². The maximum Gasteiger partial charge on any atom is 0.416 e. The second kappa shape index (κ2) is 11.9. The number of rotatable bonds is 8. The number of ether oxygens (including phenoxy) is 1.